The average molecular weight is 410 g/mol. The van der Waals surface area contributed by atoms with Crippen LogP contribution >= 0.6 is 0 Å². The van der Waals surface area contributed by atoms with Gasteiger partial charge in [-0.1, -0.05) is 0 Å². The first kappa shape index (κ1) is 21.4. The van der Waals surface area contributed by atoms with Gasteiger partial charge in [0.15, 0.2) is 5.78 Å². The van der Waals surface area contributed by atoms with Crippen molar-refractivity contribution in [3.05, 3.63) is 0 Å². The number of carbonyl (C=O) groups is 4. The summed E-state index contributed by atoms with van der Waals surface area (Å²) in [6.07, 6.45) is 2.59. The van der Waals surface area contributed by atoms with Crippen LogP contribution in [0.3, 0.4) is 0 Å². The lowest BCUT2D eigenvalue weighted by Gasteiger charge is -2.36. The van der Waals surface area contributed by atoms with Gasteiger partial charge < -0.3 is 15.0 Å². The minimum absolute atomic E-state index is 0.215. The largest absolute Gasteiger partial charge is 0.444 e. The van der Waals surface area contributed by atoms with E-state index in [2.05, 4.69) is 5.32 Å². The van der Waals surface area contributed by atoms with Crippen LogP contribution in [-0.2, 0) is 14.3 Å². The zero-order valence-corrected chi connectivity index (χ0v) is 17.2. The third-order valence-electron chi connectivity index (χ3n) is 5.59. The molecule has 10 nitrogen and oxygen atoms in total. The SMILES string of the molecule is CC(C)(C)OC(=O)N1CCCC[C@H]1C(=O)CNC(=O)[C@@H]1CC[C@@H]2CN1C(=O)N2O. The smallest absolute Gasteiger partial charge is 0.410 e. The van der Waals surface area contributed by atoms with E-state index in [-0.39, 0.29) is 18.4 Å². The summed E-state index contributed by atoms with van der Waals surface area (Å²) in [6, 6.07) is -2.19. The van der Waals surface area contributed by atoms with Crippen molar-refractivity contribution in [2.24, 2.45) is 0 Å². The van der Waals surface area contributed by atoms with E-state index in [0.29, 0.717) is 37.4 Å². The molecule has 29 heavy (non-hydrogen) atoms. The van der Waals surface area contributed by atoms with Crippen molar-refractivity contribution < 1.29 is 29.1 Å². The number of hydrogen-bond donors (Lipinski definition) is 2. The molecule has 3 heterocycles. The third-order valence-corrected chi connectivity index (χ3v) is 5.59. The molecule has 3 rings (SSSR count). The molecule has 0 aliphatic carbocycles. The molecule has 0 spiro atoms. The first-order chi connectivity index (χ1) is 13.6. The number of fused-ring (bicyclic) bond motifs is 2. The van der Waals surface area contributed by atoms with Gasteiger partial charge in [-0.2, -0.15) is 0 Å². The molecule has 2 bridgehead atoms. The van der Waals surface area contributed by atoms with Crippen LogP contribution in [0.2, 0.25) is 0 Å². The summed E-state index contributed by atoms with van der Waals surface area (Å²) < 4.78 is 5.41. The van der Waals surface area contributed by atoms with Crippen LogP contribution in [-0.4, -0.2) is 87.2 Å². The van der Waals surface area contributed by atoms with E-state index >= 15 is 0 Å². The molecular formula is C19H30N4O6. The number of hydrogen-bond acceptors (Lipinski definition) is 6. The van der Waals surface area contributed by atoms with Gasteiger partial charge in [-0.15, -0.1) is 0 Å². The number of hydroxylamine groups is 2. The van der Waals surface area contributed by atoms with Crippen molar-refractivity contribution in [2.75, 3.05) is 19.6 Å². The number of rotatable bonds is 4. The maximum absolute atomic E-state index is 12.7. The van der Waals surface area contributed by atoms with Crippen molar-refractivity contribution >= 4 is 23.8 Å². The van der Waals surface area contributed by atoms with Gasteiger partial charge in [-0.3, -0.25) is 19.7 Å². The fourth-order valence-corrected chi connectivity index (χ4v) is 4.14. The molecule has 0 saturated carbocycles. The monoisotopic (exact) mass is 410 g/mol. The highest BCUT2D eigenvalue weighted by atomic mass is 16.6. The Morgan fingerprint density at radius 1 is 1.14 bits per heavy atom. The molecule has 2 N–H and O–H groups in total. The Morgan fingerprint density at radius 2 is 1.86 bits per heavy atom. The molecule has 0 unspecified atom stereocenters. The normalized spacial score (nSPS) is 27.1. The Kier molecular flexibility index (Phi) is 6.02. The van der Waals surface area contributed by atoms with Gasteiger partial charge in [0, 0.05) is 13.1 Å². The average Bonchev–Trinajstić information content (AvgIpc) is 2.88. The van der Waals surface area contributed by atoms with E-state index in [9.17, 15) is 24.4 Å². The molecule has 3 saturated heterocycles. The summed E-state index contributed by atoms with van der Waals surface area (Å²) in [5.74, 6) is -0.672. The van der Waals surface area contributed by atoms with Crippen LogP contribution in [0.1, 0.15) is 52.9 Å². The van der Waals surface area contributed by atoms with E-state index < -0.39 is 35.7 Å². The highest BCUT2D eigenvalue weighted by molar-refractivity contribution is 5.94. The van der Waals surface area contributed by atoms with E-state index in [1.54, 1.807) is 20.8 Å². The molecule has 3 aliphatic heterocycles. The van der Waals surface area contributed by atoms with Crippen LogP contribution in [0, 0.1) is 0 Å². The van der Waals surface area contributed by atoms with E-state index in [1.807, 2.05) is 0 Å². The van der Waals surface area contributed by atoms with Gasteiger partial charge in [0.25, 0.3) is 0 Å². The second-order valence-corrected chi connectivity index (χ2v) is 8.90. The summed E-state index contributed by atoms with van der Waals surface area (Å²) in [6.45, 7) is 5.84. The minimum atomic E-state index is -0.697. The van der Waals surface area contributed by atoms with E-state index in [4.69, 9.17) is 4.74 Å². The van der Waals surface area contributed by atoms with Crippen LogP contribution in [0.15, 0.2) is 0 Å². The predicted octanol–water partition coefficient (Wildman–Crippen LogP) is 1.12. The number of nitrogens with zero attached hydrogens (tertiary/aromatic N) is 3. The fourth-order valence-electron chi connectivity index (χ4n) is 4.14. The van der Waals surface area contributed by atoms with Gasteiger partial charge in [-0.05, 0) is 52.9 Å². The quantitative estimate of drug-likeness (QED) is 0.670. The number of urea groups is 1. The standard InChI is InChI=1S/C19H30N4O6/c1-19(2,3)29-18(27)21-9-5-4-6-13(21)15(24)10-20-16(25)14-8-7-12-11-22(14)17(26)23(12)28/h12-14,28H,4-11H2,1-3H3,(H,20,25)/t12-,13+,14+/m1/s1. The summed E-state index contributed by atoms with van der Waals surface area (Å²) in [5, 5.41) is 13.0. The lowest BCUT2D eigenvalue weighted by atomic mass is 9.98. The van der Waals surface area contributed by atoms with Crippen molar-refractivity contribution in [2.45, 2.75) is 76.6 Å². The number of amides is 4. The van der Waals surface area contributed by atoms with Crippen molar-refractivity contribution in [1.82, 2.24) is 20.2 Å². The molecule has 0 radical (unpaired) electrons. The molecule has 4 amide bonds. The number of likely N-dealkylation sites (tertiary alicyclic amines) is 1. The lowest BCUT2D eigenvalue weighted by Crippen LogP contribution is -2.54. The van der Waals surface area contributed by atoms with Gasteiger partial charge >= 0.3 is 12.1 Å². The fraction of sp³-hybridized carbons (Fsp3) is 0.789. The highest BCUT2D eigenvalue weighted by Gasteiger charge is 2.47. The number of carbonyl (C=O) groups excluding carboxylic acids is 4. The zero-order valence-electron chi connectivity index (χ0n) is 17.2. The topological polar surface area (TPSA) is 119 Å². The first-order valence-electron chi connectivity index (χ1n) is 10.2. The Labute approximate surface area is 170 Å². The summed E-state index contributed by atoms with van der Waals surface area (Å²) in [4.78, 5) is 52.6. The predicted molar refractivity (Wildman–Crippen MR) is 101 cm³/mol. The second kappa shape index (κ2) is 8.17. The molecule has 10 heteroatoms. The maximum atomic E-state index is 12.7. The highest BCUT2D eigenvalue weighted by Crippen LogP contribution is 2.28. The third kappa shape index (κ3) is 4.63. The number of nitrogens with one attached hydrogen (secondary N) is 1. The van der Waals surface area contributed by atoms with Crippen molar-refractivity contribution in [1.29, 1.82) is 0 Å². The molecule has 0 aromatic rings. The molecule has 3 atom stereocenters. The molecule has 3 fully saturated rings. The Bertz CT molecular complexity index is 691. The molecule has 162 valence electrons. The van der Waals surface area contributed by atoms with Gasteiger partial charge in [0.1, 0.15) is 11.6 Å². The maximum Gasteiger partial charge on any atom is 0.410 e. The van der Waals surface area contributed by atoms with Crippen LogP contribution < -0.4 is 5.32 Å². The number of piperidine rings is 2. The molecule has 0 aromatic carbocycles. The number of ether oxygens (including phenoxy) is 1. The van der Waals surface area contributed by atoms with Crippen molar-refractivity contribution in [3.63, 3.8) is 0 Å². The Balaban J connectivity index is 1.57. The zero-order chi connectivity index (χ0) is 21.3. The van der Waals surface area contributed by atoms with Crippen LogP contribution in [0.4, 0.5) is 9.59 Å². The lowest BCUT2D eigenvalue weighted by molar-refractivity contribution is -0.130. The summed E-state index contributed by atoms with van der Waals surface area (Å²) >= 11 is 0. The number of ketones is 1. The Hall–Kier alpha value is -2.36. The number of Topliss-reactive ketones (excluding diaryl/α,β-unsaturated/α-hetero) is 1. The molecule has 0 aromatic heterocycles. The van der Waals surface area contributed by atoms with Gasteiger partial charge in [-0.25, -0.2) is 14.7 Å². The molecule has 3 aliphatic rings. The van der Waals surface area contributed by atoms with Crippen molar-refractivity contribution in [3.8, 4) is 0 Å². The summed E-state index contributed by atoms with van der Waals surface area (Å²) in [7, 11) is 0. The molecular weight excluding hydrogens is 380 g/mol. The second-order valence-electron chi connectivity index (χ2n) is 8.90. The van der Waals surface area contributed by atoms with Crippen LogP contribution in [0.5, 0.6) is 0 Å². The van der Waals surface area contributed by atoms with E-state index in [1.165, 1.54) is 9.80 Å². The minimum Gasteiger partial charge on any atom is -0.444 e. The summed E-state index contributed by atoms with van der Waals surface area (Å²) in [5.41, 5.74) is -0.655. The van der Waals surface area contributed by atoms with Gasteiger partial charge in [0.05, 0.1) is 18.6 Å². The first-order valence-corrected chi connectivity index (χ1v) is 10.2. The van der Waals surface area contributed by atoms with Crippen LogP contribution in [0.25, 0.3) is 0 Å². The Morgan fingerprint density at radius 3 is 2.55 bits per heavy atom. The van der Waals surface area contributed by atoms with E-state index in [0.717, 1.165) is 12.8 Å². The van der Waals surface area contributed by atoms with Gasteiger partial charge in [0.2, 0.25) is 5.91 Å².